The van der Waals surface area contributed by atoms with Crippen molar-refractivity contribution in [3.05, 3.63) is 0 Å². The van der Waals surface area contributed by atoms with Crippen LogP contribution in [0.15, 0.2) is 0 Å². The number of aliphatic hydroxyl groups is 1. The Bertz CT molecular complexity index is 299. The smallest absolute Gasteiger partial charge is 0.317 e. The second kappa shape index (κ2) is 6.58. The number of nitrogens with one attached hydrogen (secondary N) is 1. The van der Waals surface area contributed by atoms with Crippen molar-refractivity contribution in [1.82, 2.24) is 10.2 Å². The lowest BCUT2D eigenvalue weighted by atomic mass is 9.85. The number of hydrogen-bond donors (Lipinski definition) is 3. The first kappa shape index (κ1) is 16.7. The summed E-state index contributed by atoms with van der Waals surface area (Å²) < 4.78 is 0. The van der Waals surface area contributed by atoms with E-state index in [4.69, 9.17) is 10.2 Å². The maximum absolute atomic E-state index is 11.9. The highest BCUT2D eigenvalue weighted by Crippen LogP contribution is 2.22. The van der Waals surface area contributed by atoms with E-state index in [1.807, 2.05) is 20.8 Å². The summed E-state index contributed by atoms with van der Waals surface area (Å²) >= 11 is 0. The Balaban J connectivity index is 4.68. The molecule has 0 rings (SSSR count). The Morgan fingerprint density at radius 1 is 1.33 bits per heavy atom. The first-order valence-corrected chi connectivity index (χ1v) is 5.95. The fourth-order valence-corrected chi connectivity index (χ4v) is 1.32. The number of carboxylic acids is 1. The van der Waals surface area contributed by atoms with Gasteiger partial charge in [-0.25, -0.2) is 4.79 Å². The normalized spacial score (nSPS) is 14.8. The molecule has 0 heterocycles. The van der Waals surface area contributed by atoms with Crippen LogP contribution >= 0.6 is 0 Å². The van der Waals surface area contributed by atoms with Crippen LogP contribution in [0.5, 0.6) is 0 Å². The molecule has 2 atom stereocenters. The van der Waals surface area contributed by atoms with Crippen LogP contribution in [0.4, 0.5) is 4.79 Å². The summed E-state index contributed by atoms with van der Waals surface area (Å²) in [4.78, 5) is 24.0. The number of urea groups is 1. The highest BCUT2D eigenvalue weighted by Gasteiger charge is 2.29. The van der Waals surface area contributed by atoms with E-state index in [-0.39, 0.29) is 30.5 Å². The van der Waals surface area contributed by atoms with Crippen molar-refractivity contribution in [2.45, 2.75) is 46.2 Å². The highest BCUT2D eigenvalue weighted by molar-refractivity contribution is 5.76. The van der Waals surface area contributed by atoms with Crippen LogP contribution in [0.3, 0.4) is 0 Å². The lowest BCUT2D eigenvalue weighted by molar-refractivity contribution is -0.138. The molecule has 6 heteroatoms. The number of hydrogen-bond acceptors (Lipinski definition) is 3. The summed E-state index contributed by atoms with van der Waals surface area (Å²) in [6.45, 7) is 7.19. The van der Waals surface area contributed by atoms with Crippen LogP contribution in [0.2, 0.25) is 0 Å². The first-order chi connectivity index (χ1) is 8.09. The highest BCUT2D eigenvalue weighted by atomic mass is 16.4. The number of aliphatic carboxylic acids is 1. The van der Waals surface area contributed by atoms with E-state index in [0.29, 0.717) is 0 Å². The molecule has 6 nitrogen and oxygen atoms in total. The van der Waals surface area contributed by atoms with E-state index in [2.05, 4.69) is 5.32 Å². The van der Waals surface area contributed by atoms with Crippen molar-refractivity contribution in [3.8, 4) is 0 Å². The van der Waals surface area contributed by atoms with Gasteiger partial charge in [-0.1, -0.05) is 20.8 Å². The molecule has 0 spiro atoms. The average Bonchev–Trinajstić information content (AvgIpc) is 2.24. The molecular weight excluding hydrogens is 236 g/mol. The number of likely N-dealkylation sites (N-methyl/N-ethyl adjacent to an activating group) is 1. The van der Waals surface area contributed by atoms with Gasteiger partial charge in [-0.15, -0.1) is 0 Å². The minimum Gasteiger partial charge on any atom is -0.481 e. The third-order valence-corrected chi connectivity index (χ3v) is 2.97. The zero-order chi connectivity index (χ0) is 14.5. The number of amides is 2. The fraction of sp³-hybridized carbons (Fsp3) is 0.833. The van der Waals surface area contributed by atoms with Crippen molar-refractivity contribution in [2.75, 3.05) is 13.7 Å². The zero-order valence-electron chi connectivity index (χ0n) is 11.7. The maximum Gasteiger partial charge on any atom is 0.317 e. The molecule has 0 aliphatic heterocycles. The summed E-state index contributed by atoms with van der Waals surface area (Å²) in [5.74, 6) is -0.951. The Labute approximate surface area is 108 Å². The molecule has 0 fully saturated rings. The van der Waals surface area contributed by atoms with Gasteiger partial charge in [0.2, 0.25) is 0 Å². The van der Waals surface area contributed by atoms with E-state index in [1.54, 1.807) is 14.0 Å². The largest absolute Gasteiger partial charge is 0.481 e. The lowest BCUT2D eigenvalue weighted by Crippen LogP contribution is -2.51. The molecule has 106 valence electrons. The monoisotopic (exact) mass is 260 g/mol. The number of rotatable bonds is 5. The SMILES string of the molecule is CC(CO)N(C)C(=O)NC(CC(=O)O)C(C)(C)C. The summed E-state index contributed by atoms with van der Waals surface area (Å²) in [6.07, 6.45) is -0.128. The van der Waals surface area contributed by atoms with Crippen molar-refractivity contribution in [2.24, 2.45) is 5.41 Å². The molecule has 18 heavy (non-hydrogen) atoms. The van der Waals surface area contributed by atoms with Gasteiger partial charge in [0.25, 0.3) is 0 Å². The maximum atomic E-state index is 11.9. The van der Waals surface area contributed by atoms with Gasteiger partial charge in [-0.2, -0.15) is 0 Å². The van der Waals surface area contributed by atoms with Gasteiger partial charge in [0.05, 0.1) is 19.1 Å². The standard InChI is InChI=1S/C12H24N2O4/c1-8(7-15)14(5)11(18)13-9(6-10(16)17)12(2,3)4/h8-9,15H,6-7H2,1-5H3,(H,13,18)(H,16,17). The predicted octanol–water partition coefficient (Wildman–Crippen LogP) is 0.898. The molecule has 2 amide bonds. The predicted molar refractivity (Wildman–Crippen MR) is 68.3 cm³/mol. The van der Waals surface area contributed by atoms with Crippen LogP contribution in [-0.2, 0) is 4.79 Å². The van der Waals surface area contributed by atoms with Crippen LogP contribution in [0, 0.1) is 5.41 Å². The zero-order valence-corrected chi connectivity index (χ0v) is 11.7. The van der Waals surface area contributed by atoms with Gasteiger partial charge in [0.1, 0.15) is 0 Å². The molecule has 0 aliphatic carbocycles. The van der Waals surface area contributed by atoms with Crippen LogP contribution in [0.25, 0.3) is 0 Å². The van der Waals surface area contributed by atoms with Crippen LogP contribution < -0.4 is 5.32 Å². The Morgan fingerprint density at radius 2 is 1.83 bits per heavy atom. The number of nitrogens with zero attached hydrogens (tertiary/aromatic N) is 1. The first-order valence-electron chi connectivity index (χ1n) is 5.95. The van der Waals surface area contributed by atoms with Crippen molar-refractivity contribution >= 4 is 12.0 Å². The van der Waals surface area contributed by atoms with Crippen molar-refractivity contribution < 1.29 is 19.8 Å². The molecule has 0 saturated heterocycles. The number of carboxylic acid groups (broad SMARTS) is 1. The molecule has 0 bridgehead atoms. The van der Waals surface area contributed by atoms with Crippen molar-refractivity contribution in [3.63, 3.8) is 0 Å². The van der Waals surface area contributed by atoms with Gasteiger partial charge < -0.3 is 20.4 Å². The summed E-state index contributed by atoms with van der Waals surface area (Å²) in [5, 5.41) is 20.5. The van der Waals surface area contributed by atoms with Crippen LogP contribution in [-0.4, -0.2) is 52.9 Å². The van der Waals surface area contributed by atoms with Crippen molar-refractivity contribution in [1.29, 1.82) is 0 Å². The van der Waals surface area contributed by atoms with E-state index in [0.717, 1.165) is 0 Å². The lowest BCUT2D eigenvalue weighted by Gasteiger charge is -2.33. The molecule has 0 aromatic carbocycles. The third kappa shape index (κ3) is 5.35. The summed E-state index contributed by atoms with van der Waals surface area (Å²) in [6, 6.07) is -1.15. The van der Waals surface area contributed by atoms with E-state index in [9.17, 15) is 9.59 Å². The minimum atomic E-state index is -0.951. The number of aliphatic hydroxyl groups excluding tert-OH is 1. The quantitative estimate of drug-likeness (QED) is 0.685. The number of carbonyl (C=O) groups excluding carboxylic acids is 1. The van der Waals surface area contributed by atoms with Crippen LogP contribution in [0.1, 0.15) is 34.1 Å². The summed E-state index contributed by atoms with van der Waals surface area (Å²) in [5.41, 5.74) is -0.350. The van der Waals surface area contributed by atoms with Gasteiger partial charge >= 0.3 is 12.0 Å². The number of carbonyl (C=O) groups is 2. The Kier molecular flexibility index (Phi) is 6.11. The molecule has 0 aromatic rings. The molecule has 0 saturated carbocycles. The van der Waals surface area contributed by atoms with E-state index in [1.165, 1.54) is 4.90 Å². The molecular formula is C12H24N2O4. The van der Waals surface area contributed by atoms with Gasteiger partial charge in [0, 0.05) is 13.1 Å². The Hall–Kier alpha value is -1.30. The Morgan fingerprint density at radius 3 is 2.17 bits per heavy atom. The van der Waals surface area contributed by atoms with E-state index >= 15 is 0 Å². The minimum absolute atomic E-state index is 0.128. The molecule has 0 aromatic heterocycles. The fourth-order valence-electron chi connectivity index (χ4n) is 1.32. The topological polar surface area (TPSA) is 89.9 Å². The van der Waals surface area contributed by atoms with Gasteiger partial charge in [0.15, 0.2) is 0 Å². The van der Waals surface area contributed by atoms with Gasteiger partial charge in [-0.05, 0) is 12.3 Å². The molecule has 0 radical (unpaired) electrons. The van der Waals surface area contributed by atoms with Gasteiger partial charge in [-0.3, -0.25) is 4.79 Å². The molecule has 2 unspecified atom stereocenters. The third-order valence-electron chi connectivity index (χ3n) is 2.97. The second-order valence-electron chi connectivity index (χ2n) is 5.61. The molecule has 0 aliphatic rings. The second-order valence-corrected chi connectivity index (χ2v) is 5.61. The molecule has 3 N–H and O–H groups in total. The van der Waals surface area contributed by atoms with E-state index < -0.39 is 12.0 Å². The average molecular weight is 260 g/mol. The summed E-state index contributed by atoms with van der Waals surface area (Å²) in [7, 11) is 1.57.